The van der Waals surface area contributed by atoms with Crippen LogP contribution in [0.5, 0.6) is 0 Å². The lowest BCUT2D eigenvalue weighted by Gasteiger charge is -2.14. The Morgan fingerprint density at radius 1 is 0.490 bits per heavy atom. The molecule has 0 saturated heterocycles. The fourth-order valence-corrected chi connectivity index (χ4v) is 7.17. The molecule has 3 heterocycles. The first-order valence-electron chi connectivity index (χ1n) is 16.5. The molecule has 0 spiro atoms. The molecule has 1 aliphatic heterocycles. The lowest BCUT2D eigenvalue weighted by Crippen LogP contribution is -2.03. The van der Waals surface area contributed by atoms with E-state index in [0.29, 0.717) is 17.5 Å². The fourth-order valence-electron chi connectivity index (χ4n) is 7.17. The Morgan fingerprint density at radius 2 is 1.14 bits per heavy atom. The molecule has 0 bridgehead atoms. The van der Waals surface area contributed by atoms with Gasteiger partial charge in [-0.15, -0.1) is 0 Å². The lowest BCUT2D eigenvalue weighted by atomic mass is 9.91. The number of hydrogen-bond donors (Lipinski definition) is 1. The summed E-state index contributed by atoms with van der Waals surface area (Å²) in [5, 5.41) is 10.3. The summed E-state index contributed by atoms with van der Waals surface area (Å²) in [6.07, 6.45) is 4.28. The third kappa shape index (κ3) is 4.59. The third-order valence-electron chi connectivity index (χ3n) is 9.47. The van der Waals surface area contributed by atoms with Gasteiger partial charge in [0, 0.05) is 45.3 Å². The normalized spacial score (nSPS) is 12.5. The minimum atomic E-state index is 0.595. The van der Waals surface area contributed by atoms with Crippen LogP contribution in [0.25, 0.3) is 94.8 Å². The highest BCUT2D eigenvalue weighted by Crippen LogP contribution is 2.44. The zero-order chi connectivity index (χ0) is 32.3. The van der Waals surface area contributed by atoms with Crippen LogP contribution in [0, 0.1) is 0 Å². The SMILES string of the molecule is C1=Cc2cc3oc4cc(-c5cc6ccccc6c6ccccc56)cc(-c5nc(-c6ccccc6)nc(-c6ccccc6)n5)c4c3cc2NC1. The van der Waals surface area contributed by atoms with E-state index < -0.39 is 0 Å². The minimum Gasteiger partial charge on any atom is -0.456 e. The Kier molecular flexibility index (Phi) is 6.18. The van der Waals surface area contributed by atoms with Crippen molar-refractivity contribution < 1.29 is 4.42 Å². The molecule has 0 fully saturated rings. The van der Waals surface area contributed by atoms with Gasteiger partial charge >= 0.3 is 0 Å². The van der Waals surface area contributed by atoms with Gasteiger partial charge in [0.05, 0.1) is 0 Å². The van der Waals surface area contributed by atoms with Crippen molar-refractivity contribution in [2.75, 3.05) is 11.9 Å². The molecule has 2 aromatic heterocycles. The quantitative estimate of drug-likeness (QED) is 0.197. The number of anilines is 1. The van der Waals surface area contributed by atoms with Crippen molar-refractivity contribution in [2.45, 2.75) is 0 Å². The Morgan fingerprint density at radius 3 is 1.90 bits per heavy atom. The molecule has 10 rings (SSSR count). The van der Waals surface area contributed by atoms with E-state index in [1.807, 2.05) is 60.7 Å². The van der Waals surface area contributed by atoms with Crippen molar-refractivity contribution >= 4 is 55.2 Å². The standard InChI is InChI=1S/C44H28N4O/c1-3-12-27(13-4-1)42-46-43(28-14-5-2-6-15-28)48-44(47-42)37-23-31(35-22-29-16-7-8-18-32(29)33-19-9-10-20-34(33)35)25-40-41(37)36-26-38-30(17-11-21-45-38)24-39(36)49-40/h1-20,22-26,45H,21H2. The first-order valence-corrected chi connectivity index (χ1v) is 16.5. The highest BCUT2D eigenvalue weighted by atomic mass is 16.3. The summed E-state index contributed by atoms with van der Waals surface area (Å²) in [7, 11) is 0. The summed E-state index contributed by atoms with van der Waals surface area (Å²) < 4.78 is 6.74. The van der Waals surface area contributed by atoms with Crippen LogP contribution in [0.2, 0.25) is 0 Å². The number of benzene rings is 7. The maximum atomic E-state index is 6.74. The van der Waals surface area contributed by atoms with Gasteiger partial charge in [-0.1, -0.05) is 121 Å². The van der Waals surface area contributed by atoms with E-state index in [0.717, 1.165) is 67.6 Å². The maximum Gasteiger partial charge on any atom is 0.164 e. The first kappa shape index (κ1) is 27.5. The van der Waals surface area contributed by atoms with Gasteiger partial charge in [0.2, 0.25) is 0 Å². The Bertz CT molecular complexity index is 2710. The van der Waals surface area contributed by atoms with Gasteiger partial charge < -0.3 is 9.73 Å². The molecule has 230 valence electrons. The largest absolute Gasteiger partial charge is 0.456 e. The highest BCUT2D eigenvalue weighted by molar-refractivity contribution is 6.17. The maximum absolute atomic E-state index is 6.74. The van der Waals surface area contributed by atoms with E-state index in [1.165, 1.54) is 21.5 Å². The van der Waals surface area contributed by atoms with Crippen LogP contribution in [-0.4, -0.2) is 21.5 Å². The molecule has 0 saturated carbocycles. The van der Waals surface area contributed by atoms with Gasteiger partial charge in [-0.3, -0.25) is 0 Å². The molecule has 49 heavy (non-hydrogen) atoms. The molecule has 0 atom stereocenters. The Labute approximate surface area is 282 Å². The summed E-state index contributed by atoms with van der Waals surface area (Å²) in [6, 6.07) is 48.5. The summed E-state index contributed by atoms with van der Waals surface area (Å²) in [5.74, 6) is 1.84. The average Bonchev–Trinajstić information content (AvgIpc) is 3.54. The van der Waals surface area contributed by atoms with Crippen molar-refractivity contribution in [3.8, 4) is 45.3 Å². The molecule has 0 unspecified atom stereocenters. The predicted octanol–water partition coefficient (Wildman–Crippen LogP) is 11.2. The lowest BCUT2D eigenvalue weighted by molar-refractivity contribution is 0.669. The van der Waals surface area contributed by atoms with Crippen molar-refractivity contribution in [1.29, 1.82) is 0 Å². The molecule has 5 nitrogen and oxygen atoms in total. The Balaban J connectivity index is 1.32. The van der Waals surface area contributed by atoms with E-state index in [1.54, 1.807) is 0 Å². The van der Waals surface area contributed by atoms with Crippen LogP contribution >= 0.6 is 0 Å². The van der Waals surface area contributed by atoms with Crippen molar-refractivity contribution in [3.05, 3.63) is 151 Å². The minimum absolute atomic E-state index is 0.595. The van der Waals surface area contributed by atoms with Crippen LogP contribution in [0.1, 0.15) is 5.56 Å². The summed E-state index contributed by atoms with van der Waals surface area (Å²) in [6.45, 7) is 0.786. The van der Waals surface area contributed by atoms with E-state index in [-0.39, 0.29) is 0 Å². The van der Waals surface area contributed by atoms with Gasteiger partial charge in [-0.25, -0.2) is 15.0 Å². The number of hydrogen-bond acceptors (Lipinski definition) is 5. The number of nitrogens with one attached hydrogen (secondary N) is 1. The number of rotatable bonds is 4. The van der Waals surface area contributed by atoms with Crippen molar-refractivity contribution in [2.24, 2.45) is 0 Å². The molecule has 5 heteroatoms. The number of nitrogens with zero attached hydrogens (tertiary/aromatic N) is 3. The van der Waals surface area contributed by atoms with E-state index in [2.05, 4.69) is 96.3 Å². The van der Waals surface area contributed by atoms with E-state index >= 15 is 0 Å². The number of furan rings is 1. The fraction of sp³-hybridized carbons (Fsp3) is 0.0227. The van der Waals surface area contributed by atoms with Crippen LogP contribution < -0.4 is 5.32 Å². The van der Waals surface area contributed by atoms with Gasteiger partial charge in [-0.05, 0) is 63.0 Å². The average molecular weight is 629 g/mol. The molecule has 9 aromatic rings. The molecule has 0 aliphatic carbocycles. The summed E-state index contributed by atoms with van der Waals surface area (Å²) >= 11 is 0. The summed E-state index contributed by atoms with van der Waals surface area (Å²) in [4.78, 5) is 15.3. The zero-order valence-electron chi connectivity index (χ0n) is 26.4. The van der Waals surface area contributed by atoms with Crippen LogP contribution in [0.3, 0.4) is 0 Å². The molecule has 1 N–H and O–H groups in total. The van der Waals surface area contributed by atoms with Crippen LogP contribution in [0.4, 0.5) is 5.69 Å². The van der Waals surface area contributed by atoms with Crippen molar-refractivity contribution in [3.63, 3.8) is 0 Å². The molecule has 1 aliphatic rings. The highest BCUT2D eigenvalue weighted by Gasteiger charge is 2.22. The monoisotopic (exact) mass is 628 g/mol. The second kappa shape index (κ2) is 11.0. The molecular weight excluding hydrogens is 601 g/mol. The van der Waals surface area contributed by atoms with Gasteiger partial charge in [-0.2, -0.15) is 0 Å². The molecule has 0 radical (unpaired) electrons. The molecule has 0 amide bonds. The summed E-state index contributed by atoms with van der Waals surface area (Å²) in [5.41, 5.74) is 8.72. The number of aromatic nitrogens is 3. The van der Waals surface area contributed by atoms with Crippen molar-refractivity contribution in [1.82, 2.24) is 15.0 Å². The molecular formula is C44H28N4O. The topological polar surface area (TPSA) is 63.8 Å². The second-order valence-corrected chi connectivity index (χ2v) is 12.4. The van der Waals surface area contributed by atoms with Gasteiger partial charge in [0.25, 0.3) is 0 Å². The Hall–Kier alpha value is -6.59. The third-order valence-corrected chi connectivity index (χ3v) is 9.47. The van der Waals surface area contributed by atoms with Crippen LogP contribution in [0.15, 0.2) is 150 Å². The predicted molar refractivity (Wildman–Crippen MR) is 201 cm³/mol. The zero-order valence-corrected chi connectivity index (χ0v) is 26.4. The smallest absolute Gasteiger partial charge is 0.164 e. The van der Waals surface area contributed by atoms with E-state index in [4.69, 9.17) is 19.4 Å². The van der Waals surface area contributed by atoms with Crippen LogP contribution in [-0.2, 0) is 0 Å². The second-order valence-electron chi connectivity index (χ2n) is 12.4. The van der Waals surface area contributed by atoms with Gasteiger partial charge in [0.1, 0.15) is 11.2 Å². The number of fused-ring (bicyclic) bond motifs is 7. The molecule has 7 aromatic carbocycles. The van der Waals surface area contributed by atoms with E-state index in [9.17, 15) is 0 Å². The first-order chi connectivity index (χ1) is 24.3. The van der Waals surface area contributed by atoms with Gasteiger partial charge in [0.15, 0.2) is 17.5 Å².